The van der Waals surface area contributed by atoms with Crippen LogP contribution >= 0.6 is 0 Å². The van der Waals surface area contributed by atoms with Gasteiger partial charge >= 0.3 is 24.3 Å². The molecule has 0 atom stereocenters. The highest BCUT2D eigenvalue weighted by molar-refractivity contribution is 7.91. The fourth-order valence-electron chi connectivity index (χ4n) is 6.69. The van der Waals surface area contributed by atoms with Crippen LogP contribution in [0.15, 0.2) is 82.6 Å². The maximum atomic E-state index is 15.4. The van der Waals surface area contributed by atoms with Gasteiger partial charge in [-0.05, 0) is 111 Å². The minimum Gasteiger partial charge on any atom is -0.478 e. The van der Waals surface area contributed by atoms with Crippen molar-refractivity contribution in [2.45, 2.75) is 108 Å². The molecule has 0 radical (unpaired) electrons. The van der Waals surface area contributed by atoms with E-state index in [1.54, 1.807) is 13.8 Å². The lowest BCUT2D eigenvalue weighted by molar-refractivity contribution is -0.288. The number of Topliss-reactive ketones (excluding diaryl/α,β-unsaturated/α-hetero) is 1. The highest BCUT2D eigenvalue weighted by Gasteiger charge is 2.72. The monoisotopic (exact) mass is 876 g/mol. The van der Waals surface area contributed by atoms with Crippen molar-refractivity contribution in [3.63, 3.8) is 0 Å². The van der Waals surface area contributed by atoms with Crippen LogP contribution in [0, 0.1) is 19.3 Å². The third kappa shape index (κ3) is 9.02. The number of anilines is 2. The molecule has 328 valence electrons. The number of amides is 1. The number of carboxylic acids is 2. The molecule has 4 N–H and O–H groups in total. The molecular weight excluding hydrogens is 831 g/mol. The van der Waals surface area contributed by atoms with Crippen molar-refractivity contribution in [1.82, 2.24) is 0 Å². The number of carboxylic acid groups (broad SMARTS) is 2. The molecule has 0 saturated heterocycles. The van der Waals surface area contributed by atoms with Crippen LogP contribution in [0.5, 0.6) is 0 Å². The topological polar surface area (TPSA) is 167 Å². The van der Waals surface area contributed by atoms with E-state index in [2.05, 4.69) is 10.6 Å². The Morgan fingerprint density at radius 1 is 0.590 bits per heavy atom. The highest BCUT2D eigenvalue weighted by Crippen LogP contribution is 2.57. The predicted molar refractivity (Wildman–Crippen MR) is 216 cm³/mol. The molecule has 17 heteroatoms. The van der Waals surface area contributed by atoms with Crippen LogP contribution in [0.3, 0.4) is 0 Å². The van der Waals surface area contributed by atoms with E-state index >= 15 is 26.3 Å². The Morgan fingerprint density at radius 2 is 1.02 bits per heavy atom. The maximum Gasteiger partial charge on any atom is 0.411 e. The number of aryl methyl sites for hydroxylation is 2. The van der Waals surface area contributed by atoms with E-state index in [4.69, 9.17) is 0 Å². The van der Waals surface area contributed by atoms with Crippen LogP contribution in [-0.4, -0.2) is 60.2 Å². The first-order chi connectivity index (χ1) is 28.0. The Morgan fingerprint density at radius 3 is 1.44 bits per heavy atom. The van der Waals surface area contributed by atoms with Gasteiger partial charge in [0, 0.05) is 27.9 Å². The summed E-state index contributed by atoms with van der Waals surface area (Å²) in [7, 11) is -4.75. The minimum atomic E-state index is -6.01. The van der Waals surface area contributed by atoms with E-state index in [1.807, 2.05) is 13.8 Å². The maximum absolute atomic E-state index is 15.4. The number of rotatable bonds is 15. The number of carbonyl (C=O) groups excluding carboxylic acids is 2. The number of halogens is 6. The third-order valence-corrected chi connectivity index (χ3v) is 13.2. The summed E-state index contributed by atoms with van der Waals surface area (Å²) in [5.41, 5.74) is -11.6. The summed E-state index contributed by atoms with van der Waals surface area (Å²) in [6.45, 7) is 13.0. The molecule has 4 aromatic rings. The molecule has 0 unspecified atom stereocenters. The Labute approximate surface area is 349 Å². The summed E-state index contributed by atoms with van der Waals surface area (Å²) < 4.78 is 120. The van der Waals surface area contributed by atoms with E-state index < -0.39 is 111 Å². The number of ketones is 1. The van der Waals surface area contributed by atoms with Gasteiger partial charge in [0.1, 0.15) is 0 Å². The van der Waals surface area contributed by atoms with Gasteiger partial charge in [-0.15, -0.1) is 0 Å². The lowest BCUT2D eigenvalue weighted by Crippen LogP contribution is -2.54. The third-order valence-electron chi connectivity index (χ3n) is 11.5. The summed E-state index contributed by atoms with van der Waals surface area (Å²) >= 11 is 0. The molecular formula is C44H46F6N2O8S. The molecule has 61 heavy (non-hydrogen) atoms. The lowest BCUT2D eigenvalue weighted by atomic mass is 9.72. The van der Waals surface area contributed by atoms with Gasteiger partial charge in [-0.3, -0.25) is 9.59 Å². The van der Waals surface area contributed by atoms with Crippen LogP contribution in [0.25, 0.3) is 0 Å². The number of aromatic carboxylic acids is 2. The second-order valence-electron chi connectivity index (χ2n) is 15.7. The first-order valence-electron chi connectivity index (χ1n) is 19.0. The van der Waals surface area contributed by atoms with Crippen molar-refractivity contribution in [2.75, 3.05) is 10.6 Å². The number of alkyl halides is 6. The van der Waals surface area contributed by atoms with E-state index in [-0.39, 0.29) is 17.7 Å². The smallest absolute Gasteiger partial charge is 0.411 e. The highest BCUT2D eigenvalue weighted by atomic mass is 32.2. The molecule has 0 fully saturated rings. The predicted octanol–water partition coefficient (Wildman–Crippen LogP) is 10.8. The van der Waals surface area contributed by atoms with E-state index in [9.17, 15) is 37.8 Å². The molecule has 0 bridgehead atoms. The van der Waals surface area contributed by atoms with Crippen molar-refractivity contribution in [2.24, 2.45) is 5.41 Å². The van der Waals surface area contributed by atoms with Crippen LogP contribution in [-0.2, 0) is 15.3 Å². The van der Waals surface area contributed by atoms with Crippen molar-refractivity contribution in [3.8, 4) is 0 Å². The first-order valence-corrected chi connectivity index (χ1v) is 20.5. The number of hydrogen-bond acceptors (Lipinski definition) is 7. The summed E-state index contributed by atoms with van der Waals surface area (Å²) in [4.78, 5) is 50.2. The molecule has 0 spiro atoms. The first kappa shape index (κ1) is 48.0. The SMILES string of the molecule is CCC(C)(CC)Nc1cc(C(c2ccc(C)c(NC(=O)c3cc(S(=O)(=O)c4ccc(C(=O)O)c(C(=O)C(C)(C)CC)c4)ccc3C(=O)O)c2)(C(F)(F)F)C(F)(F)F)ccc1C. The standard InChI is InChI=1S/C44H46F6N2O8S/c1-9-40(6,7)36(53)32-22-28(16-18-30(32)38(55)56)61(59,60)29-17-19-31(39(57)58)33(23-29)37(54)51-34-20-26(14-12-24(34)4)42(43(45,46)47,44(48,49)50)27-15-13-25(5)35(21-27)52-41(8,10-2)11-3/h12-23,52H,9-11H2,1-8H3,(H,51,54)(H,55,56)(H,57,58). The number of carbonyl (C=O) groups is 4. The van der Waals surface area contributed by atoms with Crippen molar-refractivity contribution >= 4 is 44.8 Å². The normalized spacial score (nSPS) is 12.8. The summed E-state index contributed by atoms with van der Waals surface area (Å²) in [6.07, 6.45) is -10.8. The van der Waals surface area contributed by atoms with Crippen LogP contribution in [0.2, 0.25) is 0 Å². The average Bonchev–Trinajstić information content (AvgIpc) is 3.18. The van der Waals surface area contributed by atoms with E-state index in [0.717, 1.165) is 54.6 Å². The van der Waals surface area contributed by atoms with Gasteiger partial charge < -0.3 is 20.8 Å². The second-order valence-corrected chi connectivity index (χ2v) is 17.7. The Balaban J connectivity index is 1.90. The fourth-order valence-corrected chi connectivity index (χ4v) is 8.01. The molecule has 0 aliphatic rings. The van der Waals surface area contributed by atoms with Crippen molar-refractivity contribution in [1.29, 1.82) is 0 Å². The minimum absolute atomic E-state index is 0.0327. The van der Waals surface area contributed by atoms with Gasteiger partial charge in [-0.1, -0.05) is 58.9 Å². The zero-order chi connectivity index (χ0) is 46.3. The molecule has 10 nitrogen and oxygen atoms in total. The summed E-state index contributed by atoms with van der Waals surface area (Å²) in [6, 6.07) is 9.64. The second kappa shape index (κ2) is 17.0. The van der Waals surface area contributed by atoms with Crippen LogP contribution in [0.1, 0.15) is 124 Å². The zero-order valence-electron chi connectivity index (χ0n) is 34.6. The molecule has 0 aromatic heterocycles. The number of sulfone groups is 1. The number of benzene rings is 4. The molecule has 0 heterocycles. The molecule has 4 aromatic carbocycles. The molecule has 0 aliphatic carbocycles. The van der Waals surface area contributed by atoms with Gasteiger partial charge in [0.2, 0.25) is 15.3 Å². The number of hydrogen-bond donors (Lipinski definition) is 4. The quantitative estimate of drug-likeness (QED) is 0.0671. The van der Waals surface area contributed by atoms with Gasteiger partial charge in [0.25, 0.3) is 5.91 Å². The molecule has 0 saturated carbocycles. The van der Waals surface area contributed by atoms with Gasteiger partial charge in [-0.25, -0.2) is 18.0 Å². The van der Waals surface area contributed by atoms with Crippen molar-refractivity contribution in [3.05, 3.63) is 117 Å². The number of nitrogens with one attached hydrogen (secondary N) is 2. The fraction of sp³-hybridized carbons (Fsp3) is 0.364. The van der Waals surface area contributed by atoms with E-state index in [0.29, 0.717) is 36.6 Å². The molecule has 0 aliphatic heterocycles. The molecule has 4 rings (SSSR count). The summed E-state index contributed by atoms with van der Waals surface area (Å²) in [5, 5.41) is 25.0. The summed E-state index contributed by atoms with van der Waals surface area (Å²) in [5.74, 6) is -5.34. The van der Waals surface area contributed by atoms with Crippen LogP contribution < -0.4 is 10.6 Å². The lowest BCUT2D eigenvalue weighted by Gasteiger charge is -2.39. The Kier molecular flexibility index (Phi) is 13.4. The van der Waals surface area contributed by atoms with Crippen LogP contribution in [0.4, 0.5) is 37.7 Å². The van der Waals surface area contributed by atoms with E-state index in [1.165, 1.54) is 27.7 Å². The van der Waals surface area contributed by atoms with Gasteiger partial charge in [0.15, 0.2) is 5.78 Å². The van der Waals surface area contributed by atoms with Crippen molar-refractivity contribution < 1.29 is 64.2 Å². The Bertz CT molecular complexity index is 2490. The largest absolute Gasteiger partial charge is 0.478 e. The average molecular weight is 877 g/mol. The van der Waals surface area contributed by atoms with Gasteiger partial charge in [0.05, 0.1) is 26.5 Å². The Hall–Kier alpha value is -5.71. The molecule has 1 amide bonds. The van der Waals surface area contributed by atoms with Gasteiger partial charge in [-0.2, -0.15) is 26.3 Å². The zero-order valence-corrected chi connectivity index (χ0v) is 35.4.